The molecule has 0 aromatic rings. The maximum atomic E-state index is 9.06. The summed E-state index contributed by atoms with van der Waals surface area (Å²) in [4.78, 5) is 0. The molecule has 0 bridgehead atoms. The van der Waals surface area contributed by atoms with E-state index in [2.05, 4.69) is 6.07 Å². The van der Waals surface area contributed by atoms with Crippen molar-refractivity contribution in [2.75, 3.05) is 20.5 Å². The van der Waals surface area contributed by atoms with Crippen molar-refractivity contribution in [2.45, 2.75) is 58.5 Å². The van der Waals surface area contributed by atoms with Crippen LogP contribution in [-0.2, 0) is 18.9 Å². The number of rotatable bonds is 7. The lowest BCUT2D eigenvalue weighted by Crippen LogP contribution is -2.34. The number of methoxy groups -OCH3 is 1. The van der Waals surface area contributed by atoms with Gasteiger partial charge in [0, 0.05) is 7.11 Å². The molecule has 0 unspecified atom stereocenters. The standard InChI is InChI=1S/C14H25NO4/c1-13(2,9-15)7-6-11(17-10-16-5)12-8-18-14(3,4)19-12/h11-12H,6-8,10H2,1-5H3/t11-,12+/m0/s1. The minimum absolute atomic E-state index is 0.111. The van der Waals surface area contributed by atoms with Gasteiger partial charge in [0.15, 0.2) is 5.79 Å². The highest BCUT2D eigenvalue weighted by Crippen LogP contribution is 2.30. The van der Waals surface area contributed by atoms with Crippen LogP contribution in [0.4, 0.5) is 0 Å². The second-order valence-electron chi connectivity index (χ2n) is 6.01. The highest BCUT2D eigenvalue weighted by atomic mass is 16.8. The third-order valence-corrected chi connectivity index (χ3v) is 3.20. The molecule has 0 N–H and O–H groups in total. The summed E-state index contributed by atoms with van der Waals surface area (Å²) in [6.45, 7) is 8.36. The van der Waals surface area contributed by atoms with E-state index < -0.39 is 5.79 Å². The number of hydrogen-bond donors (Lipinski definition) is 0. The molecule has 0 amide bonds. The molecule has 1 aliphatic rings. The number of nitrogens with zero attached hydrogens (tertiary/aromatic N) is 1. The van der Waals surface area contributed by atoms with E-state index in [-0.39, 0.29) is 24.4 Å². The molecule has 5 nitrogen and oxygen atoms in total. The van der Waals surface area contributed by atoms with Gasteiger partial charge in [-0.2, -0.15) is 5.26 Å². The summed E-state index contributed by atoms with van der Waals surface area (Å²) in [6.07, 6.45) is 1.26. The van der Waals surface area contributed by atoms with Crippen LogP contribution in [-0.4, -0.2) is 38.5 Å². The predicted molar refractivity (Wildman–Crippen MR) is 70.3 cm³/mol. The highest BCUT2D eigenvalue weighted by Gasteiger charge is 2.38. The van der Waals surface area contributed by atoms with Gasteiger partial charge in [-0.15, -0.1) is 0 Å². The zero-order valence-electron chi connectivity index (χ0n) is 12.6. The molecular weight excluding hydrogens is 246 g/mol. The molecule has 110 valence electrons. The lowest BCUT2D eigenvalue weighted by atomic mass is 9.88. The topological polar surface area (TPSA) is 60.7 Å². The number of hydrogen-bond acceptors (Lipinski definition) is 5. The average Bonchev–Trinajstić information content (AvgIpc) is 2.70. The summed E-state index contributed by atoms with van der Waals surface area (Å²) in [5.74, 6) is -0.565. The van der Waals surface area contributed by atoms with Crippen molar-refractivity contribution in [3.8, 4) is 6.07 Å². The normalized spacial score (nSPS) is 24.1. The van der Waals surface area contributed by atoms with Crippen LogP contribution in [0.25, 0.3) is 0 Å². The summed E-state index contributed by atoms with van der Waals surface area (Å²) >= 11 is 0. The Bertz CT molecular complexity index is 322. The van der Waals surface area contributed by atoms with Crippen molar-refractivity contribution in [2.24, 2.45) is 5.41 Å². The molecule has 2 atom stereocenters. The monoisotopic (exact) mass is 271 g/mol. The molecule has 1 fully saturated rings. The molecule has 1 rings (SSSR count). The van der Waals surface area contributed by atoms with Crippen LogP contribution < -0.4 is 0 Å². The van der Waals surface area contributed by atoms with E-state index in [9.17, 15) is 0 Å². The highest BCUT2D eigenvalue weighted by molar-refractivity contribution is 4.92. The van der Waals surface area contributed by atoms with Crippen molar-refractivity contribution in [3.63, 3.8) is 0 Å². The third-order valence-electron chi connectivity index (χ3n) is 3.20. The summed E-state index contributed by atoms with van der Waals surface area (Å²) in [6, 6.07) is 2.30. The van der Waals surface area contributed by atoms with Gasteiger partial charge in [-0.1, -0.05) is 0 Å². The fourth-order valence-electron chi connectivity index (χ4n) is 1.99. The SMILES string of the molecule is COCO[C@@H](CCC(C)(C)C#N)[C@H]1COC(C)(C)O1. The Kier molecular flexibility index (Phi) is 5.75. The van der Waals surface area contributed by atoms with Gasteiger partial charge in [0.05, 0.1) is 24.2 Å². The maximum Gasteiger partial charge on any atom is 0.163 e. The molecule has 0 aliphatic carbocycles. The molecule has 0 aromatic heterocycles. The number of nitriles is 1. The molecule has 0 radical (unpaired) electrons. The van der Waals surface area contributed by atoms with Crippen LogP contribution >= 0.6 is 0 Å². The summed E-state index contributed by atoms with van der Waals surface area (Å²) in [5, 5.41) is 9.06. The van der Waals surface area contributed by atoms with E-state index in [4.69, 9.17) is 24.2 Å². The fourth-order valence-corrected chi connectivity index (χ4v) is 1.99. The molecule has 19 heavy (non-hydrogen) atoms. The first-order valence-corrected chi connectivity index (χ1v) is 6.63. The van der Waals surface area contributed by atoms with Gasteiger partial charge in [0.2, 0.25) is 0 Å². The van der Waals surface area contributed by atoms with E-state index in [1.165, 1.54) is 0 Å². The van der Waals surface area contributed by atoms with Crippen molar-refractivity contribution in [1.29, 1.82) is 5.26 Å². The first kappa shape index (κ1) is 16.4. The Balaban J connectivity index is 2.55. The average molecular weight is 271 g/mol. The van der Waals surface area contributed by atoms with Gasteiger partial charge in [-0.05, 0) is 40.5 Å². The Morgan fingerprint density at radius 2 is 2.16 bits per heavy atom. The quantitative estimate of drug-likeness (QED) is 0.666. The first-order chi connectivity index (χ1) is 8.79. The second-order valence-corrected chi connectivity index (χ2v) is 6.01. The zero-order chi connectivity index (χ0) is 14.5. The zero-order valence-corrected chi connectivity index (χ0v) is 12.6. The summed E-state index contributed by atoms with van der Waals surface area (Å²) in [5.41, 5.74) is -0.357. The van der Waals surface area contributed by atoms with Crippen molar-refractivity contribution >= 4 is 0 Å². The van der Waals surface area contributed by atoms with Crippen LogP contribution in [0, 0.1) is 16.7 Å². The lowest BCUT2D eigenvalue weighted by molar-refractivity contribution is -0.170. The second kappa shape index (κ2) is 6.67. The minimum atomic E-state index is -0.565. The molecule has 0 saturated carbocycles. The van der Waals surface area contributed by atoms with Gasteiger partial charge >= 0.3 is 0 Å². The van der Waals surface area contributed by atoms with E-state index in [0.717, 1.165) is 12.8 Å². The van der Waals surface area contributed by atoms with Gasteiger partial charge in [-0.3, -0.25) is 0 Å². The summed E-state index contributed by atoms with van der Waals surface area (Å²) in [7, 11) is 1.59. The van der Waals surface area contributed by atoms with E-state index in [1.54, 1.807) is 7.11 Å². The first-order valence-electron chi connectivity index (χ1n) is 6.63. The van der Waals surface area contributed by atoms with Crippen molar-refractivity contribution in [3.05, 3.63) is 0 Å². The number of ether oxygens (including phenoxy) is 4. The largest absolute Gasteiger partial charge is 0.359 e. The van der Waals surface area contributed by atoms with E-state index in [0.29, 0.717) is 6.61 Å². The van der Waals surface area contributed by atoms with Gasteiger partial charge in [-0.25, -0.2) is 0 Å². The molecule has 0 spiro atoms. The molecule has 1 aliphatic heterocycles. The fraction of sp³-hybridized carbons (Fsp3) is 0.929. The molecular formula is C14H25NO4. The Morgan fingerprint density at radius 1 is 1.47 bits per heavy atom. The van der Waals surface area contributed by atoms with Gasteiger partial charge < -0.3 is 18.9 Å². The van der Waals surface area contributed by atoms with Crippen LogP contribution in [0.2, 0.25) is 0 Å². The van der Waals surface area contributed by atoms with Crippen LogP contribution in [0.5, 0.6) is 0 Å². The Hall–Kier alpha value is -0.670. The Morgan fingerprint density at radius 3 is 2.63 bits per heavy atom. The van der Waals surface area contributed by atoms with Crippen LogP contribution in [0.3, 0.4) is 0 Å². The maximum absolute atomic E-state index is 9.06. The third kappa shape index (κ3) is 5.45. The molecule has 1 saturated heterocycles. The summed E-state index contributed by atoms with van der Waals surface area (Å²) < 4.78 is 22.0. The van der Waals surface area contributed by atoms with Crippen LogP contribution in [0.15, 0.2) is 0 Å². The van der Waals surface area contributed by atoms with Crippen LogP contribution in [0.1, 0.15) is 40.5 Å². The van der Waals surface area contributed by atoms with E-state index >= 15 is 0 Å². The van der Waals surface area contributed by atoms with Gasteiger partial charge in [0.1, 0.15) is 12.9 Å². The molecule has 1 heterocycles. The van der Waals surface area contributed by atoms with Crippen molar-refractivity contribution < 1.29 is 18.9 Å². The molecule has 0 aromatic carbocycles. The Labute approximate surface area is 115 Å². The lowest BCUT2D eigenvalue weighted by Gasteiger charge is -2.26. The minimum Gasteiger partial charge on any atom is -0.359 e. The van der Waals surface area contributed by atoms with Crippen molar-refractivity contribution in [1.82, 2.24) is 0 Å². The molecule has 5 heteroatoms. The predicted octanol–water partition coefficient (Wildman–Crippen LogP) is 2.46. The van der Waals surface area contributed by atoms with E-state index in [1.807, 2.05) is 27.7 Å². The smallest absolute Gasteiger partial charge is 0.163 e. The van der Waals surface area contributed by atoms with Gasteiger partial charge in [0.25, 0.3) is 0 Å².